The lowest BCUT2D eigenvalue weighted by molar-refractivity contribution is -0.145. The second kappa shape index (κ2) is 8.76. The first-order valence-corrected chi connectivity index (χ1v) is 8.50. The van der Waals surface area contributed by atoms with Gasteiger partial charge in [0, 0.05) is 6.42 Å². The fourth-order valence-corrected chi connectivity index (χ4v) is 2.64. The summed E-state index contributed by atoms with van der Waals surface area (Å²) in [4.78, 5) is 11.8. The van der Waals surface area contributed by atoms with Crippen LogP contribution < -0.4 is 14.2 Å². The summed E-state index contributed by atoms with van der Waals surface area (Å²) < 4.78 is 16.9. The molecule has 5 heteroatoms. The maximum atomic E-state index is 11.8. The van der Waals surface area contributed by atoms with E-state index in [4.69, 9.17) is 14.2 Å². The van der Waals surface area contributed by atoms with Crippen LogP contribution in [0.1, 0.15) is 5.56 Å². The molecule has 0 aliphatic rings. The molecule has 3 rings (SSSR count). The molecule has 0 radical (unpaired) electrons. The summed E-state index contributed by atoms with van der Waals surface area (Å²) in [5.41, 5.74) is 0.739. The first-order chi connectivity index (χ1) is 13.2. The number of carboxylic acids is 1. The second-order valence-corrected chi connectivity index (χ2v) is 5.82. The SMILES string of the molecule is COc1ccccc1O[C@@H](Cc1ccccc1Oc1ccccc1)C(=O)O. The minimum atomic E-state index is -1.08. The Morgan fingerprint density at radius 3 is 2.11 bits per heavy atom. The molecule has 0 bridgehead atoms. The molecule has 0 spiro atoms. The number of hydrogen-bond acceptors (Lipinski definition) is 4. The van der Waals surface area contributed by atoms with E-state index in [0.717, 1.165) is 5.56 Å². The van der Waals surface area contributed by atoms with Gasteiger partial charge in [0.1, 0.15) is 11.5 Å². The van der Waals surface area contributed by atoms with Crippen molar-refractivity contribution in [1.29, 1.82) is 0 Å². The van der Waals surface area contributed by atoms with Crippen LogP contribution in [0.4, 0.5) is 0 Å². The molecule has 0 unspecified atom stereocenters. The first-order valence-electron chi connectivity index (χ1n) is 8.50. The van der Waals surface area contributed by atoms with Crippen molar-refractivity contribution >= 4 is 5.97 Å². The third-order valence-electron chi connectivity index (χ3n) is 3.96. The van der Waals surface area contributed by atoms with Crippen LogP contribution in [0.15, 0.2) is 78.9 Å². The highest BCUT2D eigenvalue weighted by Crippen LogP contribution is 2.30. The van der Waals surface area contributed by atoms with Crippen molar-refractivity contribution in [1.82, 2.24) is 0 Å². The number of aliphatic carboxylic acids is 1. The summed E-state index contributed by atoms with van der Waals surface area (Å²) in [6, 6.07) is 23.6. The van der Waals surface area contributed by atoms with Crippen LogP contribution in [0.5, 0.6) is 23.0 Å². The van der Waals surface area contributed by atoms with Gasteiger partial charge in [-0.1, -0.05) is 48.5 Å². The molecule has 0 aliphatic heterocycles. The first kappa shape index (κ1) is 18.3. The van der Waals surface area contributed by atoms with Crippen molar-refractivity contribution in [2.45, 2.75) is 12.5 Å². The summed E-state index contributed by atoms with van der Waals surface area (Å²) in [5, 5.41) is 9.63. The zero-order valence-electron chi connectivity index (χ0n) is 14.9. The number of methoxy groups -OCH3 is 1. The minimum Gasteiger partial charge on any atom is -0.493 e. The summed E-state index contributed by atoms with van der Waals surface area (Å²) in [5.74, 6) is 1.09. The van der Waals surface area contributed by atoms with E-state index in [1.807, 2.05) is 54.6 Å². The van der Waals surface area contributed by atoms with Gasteiger partial charge in [-0.15, -0.1) is 0 Å². The van der Waals surface area contributed by atoms with Crippen LogP contribution in [0, 0.1) is 0 Å². The summed E-state index contributed by atoms with van der Waals surface area (Å²) in [6.07, 6.45) is -0.932. The fraction of sp³-hybridized carbons (Fsp3) is 0.136. The van der Waals surface area contributed by atoms with E-state index in [1.165, 1.54) is 7.11 Å². The van der Waals surface area contributed by atoms with Gasteiger partial charge in [-0.25, -0.2) is 4.79 Å². The summed E-state index contributed by atoms with van der Waals surface area (Å²) in [7, 11) is 1.51. The Labute approximate surface area is 157 Å². The number of hydrogen-bond donors (Lipinski definition) is 1. The van der Waals surface area contributed by atoms with Crippen molar-refractivity contribution in [2.75, 3.05) is 7.11 Å². The lowest BCUT2D eigenvalue weighted by atomic mass is 10.1. The fourth-order valence-electron chi connectivity index (χ4n) is 2.64. The Balaban J connectivity index is 1.82. The Morgan fingerprint density at radius 1 is 0.852 bits per heavy atom. The monoisotopic (exact) mass is 364 g/mol. The highest BCUT2D eigenvalue weighted by atomic mass is 16.5. The zero-order valence-corrected chi connectivity index (χ0v) is 14.9. The molecule has 3 aromatic carbocycles. The van der Waals surface area contributed by atoms with E-state index >= 15 is 0 Å². The Hall–Kier alpha value is -3.47. The topological polar surface area (TPSA) is 65.0 Å². The van der Waals surface area contributed by atoms with Gasteiger partial charge in [-0.05, 0) is 35.9 Å². The molecule has 0 aliphatic carbocycles. The number of para-hydroxylation sites is 4. The molecule has 5 nitrogen and oxygen atoms in total. The van der Waals surface area contributed by atoms with E-state index in [9.17, 15) is 9.90 Å². The van der Waals surface area contributed by atoms with Crippen LogP contribution in [0.3, 0.4) is 0 Å². The average molecular weight is 364 g/mol. The van der Waals surface area contributed by atoms with Crippen LogP contribution >= 0.6 is 0 Å². The van der Waals surface area contributed by atoms with Crippen molar-refractivity contribution in [3.05, 3.63) is 84.4 Å². The van der Waals surface area contributed by atoms with E-state index in [0.29, 0.717) is 23.0 Å². The van der Waals surface area contributed by atoms with Crippen molar-refractivity contribution in [3.8, 4) is 23.0 Å². The molecular weight excluding hydrogens is 344 g/mol. The Bertz CT molecular complexity index is 892. The predicted octanol–water partition coefficient (Wildman–Crippen LogP) is 4.56. The highest BCUT2D eigenvalue weighted by molar-refractivity contribution is 5.73. The molecule has 1 N–H and O–H groups in total. The lowest BCUT2D eigenvalue weighted by Gasteiger charge is -2.18. The number of benzene rings is 3. The lowest BCUT2D eigenvalue weighted by Crippen LogP contribution is -2.29. The molecule has 1 atom stereocenters. The molecule has 3 aromatic rings. The van der Waals surface area contributed by atoms with Crippen LogP contribution in [0.25, 0.3) is 0 Å². The zero-order chi connectivity index (χ0) is 19.1. The van der Waals surface area contributed by atoms with Gasteiger partial charge in [0.2, 0.25) is 0 Å². The van der Waals surface area contributed by atoms with Gasteiger partial charge in [0.05, 0.1) is 7.11 Å². The van der Waals surface area contributed by atoms with Crippen molar-refractivity contribution in [3.63, 3.8) is 0 Å². The molecule has 27 heavy (non-hydrogen) atoms. The summed E-state index contributed by atoms with van der Waals surface area (Å²) >= 11 is 0. The third kappa shape index (κ3) is 4.79. The Kier molecular flexibility index (Phi) is 5.94. The smallest absolute Gasteiger partial charge is 0.345 e. The summed E-state index contributed by atoms with van der Waals surface area (Å²) in [6.45, 7) is 0. The van der Waals surface area contributed by atoms with E-state index in [1.54, 1.807) is 24.3 Å². The van der Waals surface area contributed by atoms with Crippen molar-refractivity contribution < 1.29 is 24.1 Å². The van der Waals surface area contributed by atoms with E-state index in [-0.39, 0.29) is 6.42 Å². The minimum absolute atomic E-state index is 0.149. The molecule has 0 saturated heterocycles. The molecular formula is C22H20O5. The number of rotatable bonds is 8. The molecule has 0 heterocycles. The van der Waals surface area contributed by atoms with Gasteiger partial charge in [-0.2, -0.15) is 0 Å². The van der Waals surface area contributed by atoms with E-state index in [2.05, 4.69) is 0 Å². The normalized spacial score (nSPS) is 11.4. The standard InChI is InChI=1S/C22H20O5/c1-25-19-13-7-8-14-20(19)27-21(22(23)24)15-16-9-5-6-12-18(16)26-17-10-3-2-4-11-17/h2-14,21H,15H2,1H3,(H,23,24)/t21-/m0/s1. The Morgan fingerprint density at radius 2 is 1.44 bits per heavy atom. The quantitative estimate of drug-likeness (QED) is 0.635. The largest absolute Gasteiger partial charge is 0.493 e. The molecule has 0 amide bonds. The van der Waals surface area contributed by atoms with Gasteiger partial charge in [0.25, 0.3) is 0 Å². The van der Waals surface area contributed by atoms with Gasteiger partial charge < -0.3 is 19.3 Å². The number of carbonyl (C=O) groups is 1. The number of carboxylic acid groups (broad SMARTS) is 1. The third-order valence-corrected chi connectivity index (χ3v) is 3.96. The second-order valence-electron chi connectivity index (χ2n) is 5.82. The maximum Gasteiger partial charge on any atom is 0.345 e. The van der Waals surface area contributed by atoms with E-state index < -0.39 is 12.1 Å². The van der Waals surface area contributed by atoms with Gasteiger partial charge >= 0.3 is 5.97 Å². The van der Waals surface area contributed by atoms with Crippen molar-refractivity contribution in [2.24, 2.45) is 0 Å². The highest BCUT2D eigenvalue weighted by Gasteiger charge is 2.23. The van der Waals surface area contributed by atoms with Crippen LogP contribution in [0.2, 0.25) is 0 Å². The molecule has 0 aromatic heterocycles. The molecule has 0 saturated carbocycles. The number of ether oxygens (including phenoxy) is 3. The van der Waals surface area contributed by atoms with Crippen LogP contribution in [-0.4, -0.2) is 24.3 Å². The van der Waals surface area contributed by atoms with Gasteiger partial charge in [0.15, 0.2) is 17.6 Å². The van der Waals surface area contributed by atoms with Gasteiger partial charge in [-0.3, -0.25) is 0 Å². The molecule has 0 fully saturated rings. The maximum absolute atomic E-state index is 11.8. The predicted molar refractivity (Wildman–Crippen MR) is 102 cm³/mol. The molecule has 138 valence electrons. The average Bonchev–Trinajstić information content (AvgIpc) is 2.70. The van der Waals surface area contributed by atoms with Crippen LogP contribution in [-0.2, 0) is 11.2 Å².